The molecule has 0 bridgehead atoms. The Balaban J connectivity index is 2.28. The molecular formula is C8H17N3. The third kappa shape index (κ3) is 3.25. The van der Waals surface area contributed by atoms with Crippen molar-refractivity contribution in [2.75, 3.05) is 0 Å². The van der Waals surface area contributed by atoms with Crippen LogP contribution in [0.25, 0.3) is 0 Å². The van der Waals surface area contributed by atoms with Crippen molar-refractivity contribution in [3.63, 3.8) is 0 Å². The highest BCUT2D eigenvalue weighted by molar-refractivity contribution is 5.75. The van der Waals surface area contributed by atoms with Crippen molar-refractivity contribution in [1.82, 2.24) is 0 Å². The van der Waals surface area contributed by atoms with E-state index in [0.717, 1.165) is 12.3 Å². The molecule has 0 amide bonds. The molecule has 3 nitrogen and oxygen atoms in total. The van der Waals surface area contributed by atoms with Crippen molar-refractivity contribution in [3.05, 3.63) is 0 Å². The summed E-state index contributed by atoms with van der Waals surface area (Å²) < 4.78 is 0. The molecule has 1 saturated carbocycles. The van der Waals surface area contributed by atoms with Gasteiger partial charge in [0.15, 0.2) is 5.96 Å². The fourth-order valence-corrected chi connectivity index (χ4v) is 1.26. The van der Waals surface area contributed by atoms with Crippen molar-refractivity contribution in [2.45, 2.75) is 38.6 Å². The molecule has 64 valence electrons. The largest absolute Gasteiger partial charge is 0.370 e. The molecule has 0 spiro atoms. The van der Waals surface area contributed by atoms with Crippen molar-refractivity contribution in [1.29, 1.82) is 0 Å². The van der Waals surface area contributed by atoms with Crippen LogP contribution in [0, 0.1) is 5.92 Å². The number of rotatable bonds is 4. The number of hydrogen-bond donors (Lipinski definition) is 2. The summed E-state index contributed by atoms with van der Waals surface area (Å²) in [5.74, 6) is 1.14. The summed E-state index contributed by atoms with van der Waals surface area (Å²) in [7, 11) is 0. The summed E-state index contributed by atoms with van der Waals surface area (Å²) in [5.41, 5.74) is 10.6. The van der Waals surface area contributed by atoms with Crippen LogP contribution in [0.5, 0.6) is 0 Å². The minimum absolute atomic E-state index is 0.234. The average Bonchev–Trinajstić information content (AvgIpc) is 2.69. The van der Waals surface area contributed by atoms with Crippen LogP contribution in [0.4, 0.5) is 0 Å². The minimum atomic E-state index is 0.234. The van der Waals surface area contributed by atoms with Crippen molar-refractivity contribution < 1.29 is 0 Å². The number of nitrogens with two attached hydrogens (primary N) is 2. The highest BCUT2D eigenvalue weighted by atomic mass is 15.0. The second-order valence-corrected chi connectivity index (χ2v) is 3.30. The maximum atomic E-state index is 5.29. The van der Waals surface area contributed by atoms with E-state index in [-0.39, 0.29) is 5.96 Å². The first-order chi connectivity index (χ1) is 5.22. The summed E-state index contributed by atoms with van der Waals surface area (Å²) in [6.45, 7) is 2.12. The van der Waals surface area contributed by atoms with E-state index in [1.165, 1.54) is 19.3 Å². The Morgan fingerprint density at radius 2 is 2.18 bits per heavy atom. The Bertz CT molecular complexity index is 145. The van der Waals surface area contributed by atoms with Crippen molar-refractivity contribution in [2.24, 2.45) is 22.4 Å². The lowest BCUT2D eigenvalue weighted by atomic mass is 10.1. The molecule has 0 radical (unpaired) electrons. The van der Waals surface area contributed by atoms with Gasteiger partial charge in [-0.1, -0.05) is 19.8 Å². The van der Waals surface area contributed by atoms with E-state index in [2.05, 4.69) is 11.9 Å². The first-order valence-electron chi connectivity index (χ1n) is 4.31. The minimum Gasteiger partial charge on any atom is -0.370 e. The van der Waals surface area contributed by atoms with E-state index in [4.69, 9.17) is 11.5 Å². The molecule has 0 aromatic rings. The molecule has 1 fully saturated rings. The Hall–Kier alpha value is -0.730. The lowest BCUT2D eigenvalue weighted by Crippen LogP contribution is -2.25. The van der Waals surface area contributed by atoms with Crippen LogP contribution in [0.2, 0.25) is 0 Å². The van der Waals surface area contributed by atoms with Gasteiger partial charge in [0.25, 0.3) is 0 Å². The third-order valence-corrected chi connectivity index (χ3v) is 2.11. The zero-order valence-electron chi connectivity index (χ0n) is 7.09. The standard InChI is InChI=1S/C8H17N3/c1-2-7(11-8(9)10)5-6-3-4-6/h6-7H,2-5H2,1H3,(H4,9,10,11). The molecule has 1 atom stereocenters. The second-order valence-electron chi connectivity index (χ2n) is 3.30. The number of aliphatic imine (C=N–C) groups is 1. The molecule has 1 rings (SSSR count). The van der Waals surface area contributed by atoms with Gasteiger partial charge in [0.05, 0.1) is 6.04 Å². The predicted octanol–water partition coefficient (Wildman–Crippen LogP) is 0.839. The van der Waals surface area contributed by atoms with Crippen molar-refractivity contribution >= 4 is 5.96 Å². The molecule has 0 aromatic heterocycles. The van der Waals surface area contributed by atoms with Gasteiger partial charge < -0.3 is 11.5 Å². The molecular weight excluding hydrogens is 138 g/mol. The average molecular weight is 155 g/mol. The quantitative estimate of drug-likeness (QED) is 0.466. The van der Waals surface area contributed by atoms with Gasteiger partial charge in [0.1, 0.15) is 0 Å². The molecule has 1 aliphatic carbocycles. The normalized spacial score (nSPS) is 19.4. The molecule has 0 heterocycles. The highest BCUT2D eigenvalue weighted by Crippen LogP contribution is 2.34. The van der Waals surface area contributed by atoms with Gasteiger partial charge in [-0.15, -0.1) is 0 Å². The first kappa shape index (κ1) is 8.37. The Morgan fingerprint density at radius 3 is 2.55 bits per heavy atom. The lowest BCUT2D eigenvalue weighted by Gasteiger charge is -2.08. The maximum absolute atomic E-state index is 5.29. The van der Waals surface area contributed by atoms with Crippen LogP contribution < -0.4 is 11.5 Å². The van der Waals surface area contributed by atoms with Crippen molar-refractivity contribution in [3.8, 4) is 0 Å². The van der Waals surface area contributed by atoms with Crippen LogP contribution in [0.15, 0.2) is 4.99 Å². The van der Waals surface area contributed by atoms with Crippen LogP contribution in [-0.4, -0.2) is 12.0 Å². The van der Waals surface area contributed by atoms with Crippen LogP contribution >= 0.6 is 0 Å². The summed E-state index contributed by atoms with van der Waals surface area (Å²) in [6, 6.07) is 0.368. The zero-order valence-corrected chi connectivity index (χ0v) is 7.09. The molecule has 0 aromatic carbocycles. The fraction of sp³-hybridized carbons (Fsp3) is 0.875. The summed E-state index contributed by atoms with van der Waals surface area (Å²) in [6.07, 6.45) is 4.97. The van der Waals surface area contributed by atoms with Gasteiger partial charge in [0.2, 0.25) is 0 Å². The Morgan fingerprint density at radius 1 is 1.55 bits per heavy atom. The number of guanidine groups is 1. The van der Waals surface area contributed by atoms with E-state index >= 15 is 0 Å². The van der Waals surface area contributed by atoms with Gasteiger partial charge in [-0.05, 0) is 18.8 Å². The van der Waals surface area contributed by atoms with Gasteiger partial charge in [-0.3, -0.25) is 4.99 Å². The van der Waals surface area contributed by atoms with E-state index < -0.39 is 0 Å². The Kier molecular flexibility index (Phi) is 2.74. The molecule has 11 heavy (non-hydrogen) atoms. The second kappa shape index (κ2) is 3.60. The number of nitrogens with zero attached hydrogens (tertiary/aromatic N) is 1. The molecule has 4 N–H and O–H groups in total. The van der Waals surface area contributed by atoms with Gasteiger partial charge in [-0.25, -0.2) is 0 Å². The lowest BCUT2D eigenvalue weighted by molar-refractivity contribution is 0.556. The van der Waals surface area contributed by atoms with Gasteiger partial charge in [0, 0.05) is 0 Å². The monoisotopic (exact) mass is 155 g/mol. The zero-order chi connectivity index (χ0) is 8.27. The molecule has 3 heteroatoms. The van der Waals surface area contributed by atoms with E-state index in [1.807, 2.05) is 0 Å². The van der Waals surface area contributed by atoms with Gasteiger partial charge in [-0.2, -0.15) is 0 Å². The predicted molar refractivity (Wildman–Crippen MR) is 47.2 cm³/mol. The van der Waals surface area contributed by atoms with Crippen LogP contribution in [0.3, 0.4) is 0 Å². The summed E-state index contributed by atoms with van der Waals surface area (Å²) in [5, 5.41) is 0. The molecule has 1 unspecified atom stereocenters. The van der Waals surface area contributed by atoms with Crippen LogP contribution in [0.1, 0.15) is 32.6 Å². The Labute approximate surface area is 67.9 Å². The van der Waals surface area contributed by atoms with E-state index in [1.54, 1.807) is 0 Å². The highest BCUT2D eigenvalue weighted by Gasteiger charge is 2.24. The van der Waals surface area contributed by atoms with Gasteiger partial charge >= 0.3 is 0 Å². The number of hydrogen-bond acceptors (Lipinski definition) is 1. The van der Waals surface area contributed by atoms with E-state index in [9.17, 15) is 0 Å². The maximum Gasteiger partial charge on any atom is 0.186 e. The molecule has 1 aliphatic rings. The summed E-state index contributed by atoms with van der Waals surface area (Å²) >= 11 is 0. The van der Waals surface area contributed by atoms with E-state index in [0.29, 0.717) is 6.04 Å². The van der Waals surface area contributed by atoms with Crippen LogP contribution in [-0.2, 0) is 0 Å². The topological polar surface area (TPSA) is 64.4 Å². The molecule has 0 saturated heterocycles. The first-order valence-corrected chi connectivity index (χ1v) is 4.31. The third-order valence-electron chi connectivity index (χ3n) is 2.11. The SMILES string of the molecule is CCC(CC1CC1)N=C(N)N. The fourth-order valence-electron chi connectivity index (χ4n) is 1.26. The molecule has 0 aliphatic heterocycles. The summed E-state index contributed by atoms with van der Waals surface area (Å²) in [4.78, 5) is 4.15. The smallest absolute Gasteiger partial charge is 0.186 e.